The largest absolute Gasteiger partial charge is 0.339 e. The molecule has 1 unspecified atom stereocenters. The van der Waals surface area contributed by atoms with Gasteiger partial charge in [-0.3, -0.25) is 8.98 Å². The van der Waals surface area contributed by atoms with E-state index in [0.717, 1.165) is 0 Å². The zero-order valence-corrected chi connectivity index (χ0v) is 7.86. The molecule has 0 aromatic heterocycles. The summed E-state index contributed by atoms with van der Waals surface area (Å²) in [7, 11) is -3.01. The third-order valence-electron chi connectivity index (χ3n) is 1.71. The number of carbonyl (C=O) groups excluding carboxylic acids is 1. The summed E-state index contributed by atoms with van der Waals surface area (Å²) >= 11 is 0. The van der Waals surface area contributed by atoms with E-state index in [9.17, 15) is 13.2 Å². The van der Waals surface area contributed by atoms with Crippen molar-refractivity contribution in [2.24, 2.45) is 0 Å². The van der Waals surface area contributed by atoms with Gasteiger partial charge >= 0.3 is 0 Å². The van der Waals surface area contributed by atoms with Crippen molar-refractivity contribution < 1.29 is 26.9 Å². The average molecular weight is 210 g/mol. The molecule has 0 radical (unpaired) electrons. The first-order valence-electron chi connectivity index (χ1n) is 3.66. The Morgan fingerprint density at radius 2 is 2.00 bits per heavy atom. The van der Waals surface area contributed by atoms with Crippen LogP contribution in [-0.4, -0.2) is 39.8 Å². The van der Waals surface area contributed by atoms with Gasteiger partial charge in [-0.05, 0) is 6.92 Å². The van der Waals surface area contributed by atoms with Gasteiger partial charge in [0.25, 0.3) is 16.8 Å². The first-order chi connectivity index (χ1) is 6.10. The minimum Gasteiger partial charge on any atom is -0.339 e. The highest BCUT2D eigenvalue weighted by molar-refractivity contribution is 7.67. The van der Waals surface area contributed by atoms with Gasteiger partial charge in [-0.1, -0.05) is 0 Å². The maximum Gasteiger partial charge on any atom is 0.257 e. The highest BCUT2D eigenvalue weighted by Gasteiger charge is 2.43. The Hall–Kier alpha value is -0.500. The number of thiol groups is 1. The molecule has 1 atom stereocenters. The fourth-order valence-electron chi connectivity index (χ4n) is 1.05. The molecule has 0 saturated carbocycles. The predicted octanol–water partition coefficient (Wildman–Crippen LogP) is -1.14. The summed E-state index contributed by atoms with van der Waals surface area (Å²) in [6.07, 6.45) is -0.558. The van der Waals surface area contributed by atoms with Crippen molar-refractivity contribution >= 4 is 17.3 Å². The molecule has 76 valence electrons. The van der Waals surface area contributed by atoms with Crippen LogP contribution in [0.25, 0.3) is 0 Å². The number of carbonyl (C=O) groups is 1. The minimum absolute atomic E-state index is 0.252. The van der Waals surface area contributed by atoms with Crippen molar-refractivity contribution in [2.75, 3.05) is 13.2 Å². The summed E-state index contributed by atoms with van der Waals surface area (Å²) in [4.78, 5) is 10.6. The molecule has 0 aromatic rings. The van der Waals surface area contributed by atoms with E-state index in [2.05, 4.69) is 4.18 Å². The van der Waals surface area contributed by atoms with Gasteiger partial charge in [0.2, 0.25) is 0 Å². The SMILES string of the molecule is CC(O[SH](=O)=O)C1(C=O)OCCO1. The highest BCUT2D eigenvalue weighted by Crippen LogP contribution is 2.23. The summed E-state index contributed by atoms with van der Waals surface area (Å²) in [5.41, 5.74) is 0. The minimum atomic E-state index is -3.01. The molecule has 1 rings (SSSR count). The smallest absolute Gasteiger partial charge is 0.257 e. The molecule has 0 aromatic carbocycles. The van der Waals surface area contributed by atoms with E-state index in [1.54, 1.807) is 0 Å². The third-order valence-corrected chi connectivity index (χ3v) is 2.20. The summed E-state index contributed by atoms with van der Waals surface area (Å²) in [5, 5.41) is 0. The van der Waals surface area contributed by atoms with E-state index in [4.69, 9.17) is 9.47 Å². The molecule has 0 spiro atoms. The molecule has 6 nitrogen and oxygen atoms in total. The van der Waals surface area contributed by atoms with Gasteiger partial charge in [-0.2, -0.15) is 0 Å². The van der Waals surface area contributed by atoms with Crippen molar-refractivity contribution in [3.8, 4) is 0 Å². The van der Waals surface area contributed by atoms with E-state index in [1.165, 1.54) is 6.92 Å². The van der Waals surface area contributed by atoms with Crippen LogP contribution in [0, 0.1) is 0 Å². The molecule has 1 aliphatic heterocycles. The van der Waals surface area contributed by atoms with Crippen molar-refractivity contribution in [3.05, 3.63) is 0 Å². The Labute approximate surface area is 76.9 Å². The Balaban J connectivity index is 2.69. The topological polar surface area (TPSA) is 78.9 Å². The quantitative estimate of drug-likeness (QED) is 0.466. The maximum atomic E-state index is 10.6. The van der Waals surface area contributed by atoms with Crippen molar-refractivity contribution in [3.63, 3.8) is 0 Å². The molecule has 1 saturated heterocycles. The summed E-state index contributed by atoms with van der Waals surface area (Å²) in [5.74, 6) is -1.56. The summed E-state index contributed by atoms with van der Waals surface area (Å²) < 4.78 is 34.8. The first-order valence-corrected chi connectivity index (χ1v) is 4.75. The lowest BCUT2D eigenvalue weighted by molar-refractivity contribution is -0.194. The van der Waals surface area contributed by atoms with Crippen molar-refractivity contribution in [1.82, 2.24) is 0 Å². The second kappa shape index (κ2) is 4.14. The molecule has 0 amide bonds. The van der Waals surface area contributed by atoms with Crippen LogP contribution in [0.4, 0.5) is 0 Å². The molecule has 13 heavy (non-hydrogen) atoms. The fraction of sp³-hybridized carbons (Fsp3) is 0.833. The van der Waals surface area contributed by atoms with Gasteiger partial charge in [0.15, 0.2) is 6.29 Å². The highest BCUT2D eigenvalue weighted by atomic mass is 32.2. The standard InChI is InChI=1S/C6H10O6S/c1-5(12-13(8)9)6(4-7)10-2-3-11-6/h4-5,13H,2-3H2,1H3. The van der Waals surface area contributed by atoms with Crippen LogP contribution >= 0.6 is 0 Å². The number of aldehydes is 1. The van der Waals surface area contributed by atoms with Crippen LogP contribution in [0.3, 0.4) is 0 Å². The number of ether oxygens (including phenoxy) is 2. The molecule has 0 bridgehead atoms. The molecule has 1 aliphatic rings. The lowest BCUT2D eigenvalue weighted by atomic mass is 10.2. The van der Waals surface area contributed by atoms with Gasteiger partial charge in [0.05, 0.1) is 13.2 Å². The number of hydrogen-bond acceptors (Lipinski definition) is 6. The third kappa shape index (κ3) is 2.25. The van der Waals surface area contributed by atoms with Gasteiger partial charge in [0.1, 0.15) is 6.10 Å². The monoisotopic (exact) mass is 210 g/mol. The zero-order chi connectivity index (χ0) is 9.90. The molecule has 0 aliphatic carbocycles. The lowest BCUT2D eigenvalue weighted by Gasteiger charge is -2.25. The molecular weight excluding hydrogens is 200 g/mol. The first kappa shape index (κ1) is 10.6. The fourth-order valence-corrected chi connectivity index (χ4v) is 1.45. The molecule has 0 N–H and O–H groups in total. The maximum absolute atomic E-state index is 10.6. The predicted molar refractivity (Wildman–Crippen MR) is 41.6 cm³/mol. The van der Waals surface area contributed by atoms with Crippen LogP contribution in [0.15, 0.2) is 0 Å². The van der Waals surface area contributed by atoms with E-state index in [1.807, 2.05) is 0 Å². The lowest BCUT2D eigenvalue weighted by Crippen LogP contribution is -2.44. The van der Waals surface area contributed by atoms with Gasteiger partial charge < -0.3 is 9.47 Å². The van der Waals surface area contributed by atoms with Crippen LogP contribution in [0.2, 0.25) is 0 Å². The number of rotatable bonds is 4. The van der Waals surface area contributed by atoms with Crippen molar-refractivity contribution in [1.29, 1.82) is 0 Å². The van der Waals surface area contributed by atoms with E-state index in [-0.39, 0.29) is 13.2 Å². The van der Waals surface area contributed by atoms with Crippen molar-refractivity contribution in [2.45, 2.75) is 18.8 Å². The molecule has 1 fully saturated rings. The van der Waals surface area contributed by atoms with Crippen LogP contribution in [-0.2, 0) is 29.4 Å². The van der Waals surface area contributed by atoms with Crippen LogP contribution in [0.1, 0.15) is 6.92 Å². The van der Waals surface area contributed by atoms with Gasteiger partial charge in [-0.15, -0.1) is 0 Å². The zero-order valence-electron chi connectivity index (χ0n) is 6.97. The average Bonchev–Trinajstić information content (AvgIpc) is 2.51. The second-order valence-corrected chi connectivity index (χ2v) is 3.17. The summed E-state index contributed by atoms with van der Waals surface area (Å²) in [6, 6.07) is 0. The Kier molecular flexibility index (Phi) is 3.37. The Morgan fingerprint density at radius 3 is 2.38 bits per heavy atom. The Bertz CT molecular complexity index is 246. The second-order valence-electron chi connectivity index (χ2n) is 2.51. The Morgan fingerprint density at radius 1 is 1.46 bits per heavy atom. The summed E-state index contributed by atoms with van der Waals surface area (Å²) in [6.45, 7) is 1.90. The molecule has 1 heterocycles. The van der Waals surface area contributed by atoms with Gasteiger partial charge in [-0.25, -0.2) is 8.42 Å². The molecular formula is C6H10O6S. The molecule has 7 heteroatoms. The van der Waals surface area contributed by atoms with Gasteiger partial charge in [0, 0.05) is 0 Å². The number of hydrogen-bond donors (Lipinski definition) is 1. The van der Waals surface area contributed by atoms with E-state index < -0.39 is 22.9 Å². The van der Waals surface area contributed by atoms with Crippen LogP contribution < -0.4 is 0 Å². The van der Waals surface area contributed by atoms with Crippen LogP contribution in [0.5, 0.6) is 0 Å². The van der Waals surface area contributed by atoms with E-state index >= 15 is 0 Å². The normalized spacial score (nSPS) is 23.2. The van der Waals surface area contributed by atoms with E-state index in [0.29, 0.717) is 6.29 Å².